The molecule has 0 N–H and O–H groups in total. The van der Waals surface area contributed by atoms with E-state index >= 15 is 0 Å². The topological polar surface area (TPSA) is 66.9 Å². The molecule has 0 aliphatic carbocycles. The highest BCUT2D eigenvalue weighted by molar-refractivity contribution is 6.31. The second-order valence-corrected chi connectivity index (χ2v) is 8.04. The number of fused-ring (bicyclic) bond motifs is 1. The summed E-state index contributed by atoms with van der Waals surface area (Å²) in [5, 5.41) is 0.491. The minimum absolute atomic E-state index is 0.317. The molecule has 0 bridgehead atoms. The third-order valence-corrected chi connectivity index (χ3v) is 6.03. The van der Waals surface area contributed by atoms with Gasteiger partial charge in [0.2, 0.25) is 0 Å². The molecule has 0 aromatic heterocycles. The summed E-state index contributed by atoms with van der Waals surface area (Å²) in [4.78, 5) is 42.2. The zero-order valence-electron chi connectivity index (χ0n) is 17.2. The average molecular weight is 447 g/mol. The number of β-lactam (4-membered cyclic amide) rings is 1. The van der Waals surface area contributed by atoms with Crippen LogP contribution >= 0.6 is 11.6 Å². The number of hydrogen-bond donors (Lipinski definition) is 0. The van der Waals surface area contributed by atoms with Crippen LogP contribution in [0, 0.1) is 0 Å². The minimum atomic E-state index is -0.945. The first kappa shape index (κ1) is 20.3. The SMILES string of the molecule is CCOc1ccc(C2C(N3C(=O)c4ccccc4C3=O)C(=O)N2c2cccc(Cl)c2)cc1. The lowest BCUT2D eigenvalue weighted by molar-refractivity contribution is -0.130. The molecule has 160 valence electrons. The van der Waals surface area contributed by atoms with Crippen LogP contribution in [0.1, 0.15) is 39.2 Å². The Balaban J connectivity index is 1.57. The van der Waals surface area contributed by atoms with Crippen LogP contribution in [0.15, 0.2) is 72.8 Å². The highest BCUT2D eigenvalue weighted by Crippen LogP contribution is 2.44. The highest BCUT2D eigenvalue weighted by Gasteiger charge is 2.57. The van der Waals surface area contributed by atoms with Gasteiger partial charge in [-0.05, 0) is 55.0 Å². The van der Waals surface area contributed by atoms with E-state index in [0.717, 1.165) is 10.5 Å². The number of carbonyl (C=O) groups is 3. The van der Waals surface area contributed by atoms with Crippen molar-refractivity contribution in [2.45, 2.75) is 19.0 Å². The van der Waals surface area contributed by atoms with Gasteiger partial charge in [0, 0.05) is 10.7 Å². The first-order valence-electron chi connectivity index (χ1n) is 10.3. The summed E-state index contributed by atoms with van der Waals surface area (Å²) in [7, 11) is 0. The average Bonchev–Trinajstić information content (AvgIpc) is 3.04. The van der Waals surface area contributed by atoms with Crippen molar-refractivity contribution in [3.63, 3.8) is 0 Å². The van der Waals surface area contributed by atoms with Crippen molar-refractivity contribution in [1.82, 2.24) is 4.90 Å². The Hall–Kier alpha value is -3.64. The number of ether oxygens (including phenoxy) is 1. The molecule has 2 aliphatic heterocycles. The smallest absolute Gasteiger partial charge is 0.262 e. The predicted octanol–water partition coefficient (Wildman–Crippen LogP) is 4.49. The Morgan fingerprint density at radius 1 is 0.812 bits per heavy atom. The molecule has 32 heavy (non-hydrogen) atoms. The van der Waals surface area contributed by atoms with Gasteiger partial charge in [0.1, 0.15) is 11.8 Å². The maximum Gasteiger partial charge on any atom is 0.262 e. The molecule has 3 aromatic carbocycles. The minimum Gasteiger partial charge on any atom is -0.494 e. The third-order valence-electron chi connectivity index (χ3n) is 5.79. The molecule has 7 heteroatoms. The Morgan fingerprint density at radius 2 is 1.47 bits per heavy atom. The molecule has 0 radical (unpaired) electrons. The number of halogens is 1. The molecule has 6 nitrogen and oxygen atoms in total. The van der Waals surface area contributed by atoms with Crippen LogP contribution in [-0.2, 0) is 4.79 Å². The number of nitrogens with zero attached hydrogens (tertiary/aromatic N) is 2. The zero-order chi connectivity index (χ0) is 22.4. The van der Waals surface area contributed by atoms with Crippen molar-refractivity contribution in [2.75, 3.05) is 11.5 Å². The normalized spacial score (nSPS) is 19.8. The summed E-state index contributed by atoms with van der Waals surface area (Å²) >= 11 is 6.16. The van der Waals surface area contributed by atoms with Gasteiger partial charge in [-0.1, -0.05) is 41.9 Å². The van der Waals surface area contributed by atoms with E-state index in [1.165, 1.54) is 0 Å². The van der Waals surface area contributed by atoms with Gasteiger partial charge in [-0.15, -0.1) is 0 Å². The zero-order valence-corrected chi connectivity index (χ0v) is 18.0. The van der Waals surface area contributed by atoms with Crippen LogP contribution in [0.3, 0.4) is 0 Å². The van der Waals surface area contributed by atoms with E-state index in [-0.39, 0.29) is 5.91 Å². The van der Waals surface area contributed by atoms with Gasteiger partial charge in [0.25, 0.3) is 17.7 Å². The van der Waals surface area contributed by atoms with Gasteiger partial charge < -0.3 is 9.64 Å². The Kier molecular flexibility index (Phi) is 4.94. The molecular formula is C25H19ClN2O4. The van der Waals surface area contributed by atoms with E-state index in [2.05, 4.69) is 0 Å². The molecule has 2 aliphatic rings. The van der Waals surface area contributed by atoms with E-state index < -0.39 is 23.9 Å². The molecule has 3 aromatic rings. The van der Waals surface area contributed by atoms with Crippen molar-refractivity contribution in [1.29, 1.82) is 0 Å². The predicted molar refractivity (Wildman–Crippen MR) is 120 cm³/mol. The number of benzene rings is 3. The van der Waals surface area contributed by atoms with Gasteiger partial charge in [0.15, 0.2) is 0 Å². The maximum absolute atomic E-state index is 13.4. The second kappa shape index (κ2) is 7.80. The largest absolute Gasteiger partial charge is 0.494 e. The monoisotopic (exact) mass is 446 g/mol. The summed E-state index contributed by atoms with van der Waals surface area (Å²) in [6.07, 6.45) is 0. The van der Waals surface area contributed by atoms with E-state index in [9.17, 15) is 14.4 Å². The Labute approximate surface area is 190 Å². The number of amides is 3. The maximum atomic E-state index is 13.4. The number of imide groups is 1. The summed E-state index contributed by atoms with van der Waals surface area (Å²) in [6.45, 7) is 2.44. The third kappa shape index (κ3) is 3.07. The summed E-state index contributed by atoms with van der Waals surface area (Å²) in [5.74, 6) is -0.537. The van der Waals surface area contributed by atoms with Crippen LogP contribution in [0.2, 0.25) is 5.02 Å². The van der Waals surface area contributed by atoms with Crippen molar-refractivity contribution in [3.8, 4) is 5.75 Å². The first-order chi connectivity index (χ1) is 15.5. The molecule has 1 saturated heterocycles. The quantitative estimate of drug-likeness (QED) is 0.428. The number of hydrogen-bond acceptors (Lipinski definition) is 4. The molecule has 2 heterocycles. The van der Waals surface area contributed by atoms with E-state index in [4.69, 9.17) is 16.3 Å². The standard InChI is InChI=1S/C25H19ClN2O4/c1-2-32-18-12-10-15(11-13-18)21-22(25(31)27(21)17-7-5-6-16(26)14-17)28-23(29)19-8-3-4-9-20(19)24(28)30/h3-14,21-22H,2H2,1H3. The van der Waals surface area contributed by atoms with E-state index in [1.807, 2.05) is 31.2 Å². The Morgan fingerprint density at radius 3 is 2.06 bits per heavy atom. The summed E-state index contributed by atoms with van der Waals surface area (Å²) < 4.78 is 5.53. The molecule has 2 unspecified atom stereocenters. The summed E-state index contributed by atoms with van der Waals surface area (Å²) in [5.41, 5.74) is 2.03. The van der Waals surface area contributed by atoms with Crippen LogP contribution in [0.5, 0.6) is 5.75 Å². The molecule has 0 spiro atoms. The lowest BCUT2D eigenvalue weighted by atomic mass is 9.86. The van der Waals surface area contributed by atoms with Crippen LogP contribution in [-0.4, -0.2) is 35.3 Å². The van der Waals surface area contributed by atoms with Crippen molar-refractivity contribution in [2.24, 2.45) is 0 Å². The van der Waals surface area contributed by atoms with E-state index in [1.54, 1.807) is 53.4 Å². The molecule has 2 atom stereocenters. The summed E-state index contributed by atoms with van der Waals surface area (Å²) in [6, 6.07) is 19.4. The fraction of sp³-hybridized carbons (Fsp3) is 0.160. The fourth-order valence-electron chi connectivity index (χ4n) is 4.36. The molecule has 5 rings (SSSR count). The lowest BCUT2D eigenvalue weighted by Gasteiger charge is -2.49. The molecule has 1 fully saturated rings. The first-order valence-corrected chi connectivity index (χ1v) is 10.7. The van der Waals surface area contributed by atoms with Crippen LogP contribution in [0.4, 0.5) is 5.69 Å². The van der Waals surface area contributed by atoms with Gasteiger partial charge in [-0.25, -0.2) is 0 Å². The number of rotatable bonds is 5. The van der Waals surface area contributed by atoms with Gasteiger partial charge >= 0.3 is 0 Å². The molecular weight excluding hydrogens is 428 g/mol. The molecule has 3 amide bonds. The van der Waals surface area contributed by atoms with Crippen molar-refractivity contribution in [3.05, 3.63) is 94.5 Å². The van der Waals surface area contributed by atoms with Crippen molar-refractivity contribution < 1.29 is 19.1 Å². The van der Waals surface area contributed by atoms with Gasteiger partial charge in [-0.3, -0.25) is 19.3 Å². The fourth-order valence-corrected chi connectivity index (χ4v) is 4.54. The Bertz CT molecular complexity index is 1210. The van der Waals surface area contributed by atoms with Gasteiger partial charge in [-0.2, -0.15) is 0 Å². The number of anilines is 1. The highest BCUT2D eigenvalue weighted by atomic mass is 35.5. The van der Waals surface area contributed by atoms with E-state index in [0.29, 0.717) is 34.2 Å². The second-order valence-electron chi connectivity index (χ2n) is 7.61. The molecule has 0 saturated carbocycles. The van der Waals surface area contributed by atoms with Crippen molar-refractivity contribution >= 4 is 35.0 Å². The van der Waals surface area contributed by atoms with Crippen LogP contribution in [0.25, 0.3) is 0 Å². The van der Waals surface area contributed by atoms with Gasteiger partial charge in [0.05, 0.1) is 23.8 Å². The van der Waals surface area contributed by atoms with Crippen LogP contribution < -0.4 is 9.64 Å². The number of carbonyl (C=O) groups excluding carboxylic acids is 3. The lowest BCUT2D eigenvalue weighted by Crippen LogP contribution is -2.67.